The van der Waals surface area contributed by atoms with Crippen LogP contribution in [0.1, 0.15) is 12.5 Å². The molecular weight excluding hydrogens is 558 g/mol. The molecule has 0 spiro atoms. The van der Waals surface area contributed by atoms with E-state index in [1.165, 1.54) is 6.20 Å². The molecule has 1 saturated heterocycles. The van der Waals surface area contributed by atoms with E-state index in [0.29, 0.717) is 66.7 Å². The molecule has 0 saturated carbocycles. The molecule has 1 aliphatic rings. The van der Waals surface area contributed by atoms with Crippen molar-refractivity contribution in [2.45, 2.75) is 19.3 Å². The Hall–Kier alpha value is -4.27. The van der Waals surface area contributed by atoms with Crippen molar-refractivity contribution < 1.29 is 32.2 Å². The molecule has 0 aliphatic carbocycles. The molecular formula is C28H29F4N7O3. The number of pyridine rings is 1. The number of benzene rings is 2. The number of alkyl halides is 3. The van der Waals surface area contributed by atoms with Crippen molar-refractivity contribution in [3.8, 4) is 11.5 Å². The monoisotopic (exact) mass is 587 g/mol. The summed E-state index contributed by atoms with van der Waals surface area (Å²) in [6, 6.07) is 10.4. The molecule has 10 nitrogen and oxygen atoms in total. The minimum Gasteiger partial charge on any atom is -0.457 e. The second kappa shape index (κ2) is 11.9. The molecule has 4 aromatic rings. The Morgan fingerprint density at radius 1 is 1.07 bits per heavy atom. The van der Waals surface area contributed by atoms with Crippen LogP contribution in [0.4, 0.5) is 35.0 Å². The van der Waals surface area contributed by atoms with E-state index in [-0.39, 0.29) is 24.1 Å². The van der Waals surface area contributed by atoms with Crippen LogP contribution in [0.15, 0.2) is 54.7 Å². The Morgan fingerprint density at radius 2 is 1.81 bits per heavy atom. The summed E-state index contributed by atoms with van der Waals surface area (Å²) in [5.74, 6) is 0.202. The number of aliphatic hydroxyl groups excluding tert-OH is 1. The summed E-state index contributed by atoms with van der Waals surface area (Å²) in [6.45, 7) is 4.59. The molecule has 0 radical (unpaired) electrons. The number of aliphatic hydroxyl groups is 1. The number of amides is 1. The number of nitrogens with one attached hydrogen (secondary N) is 2. The molecule has 3 N–H and O–H groups in total. The lowest BCUT2D eigenvalue weighted by Gasteiger charge is -2.35. The molecule has 1 unspecified atom stereocenters. The first-order valence-electron chi connectivity index (χ1n) is 13.1. The largest absolute Gasteiger partial charge is 0.457 e. The number of carbonyl (C=O) groups is 1. The lowest BCUT2D eigenvalue weighted by atomic mass is 10.2. The molecule has 222 valence electrons. The highest BCUT2D eigenvalue weighted by atomic mass is 19.4. The maximum Gasteiger partial charge on any atom is 0.416 e. The van der Waals surface area contributed by atoms with E-state index in [1.807, 2.05) is 9.80 Å². The predicted octanol–water partition coefficient (Wildman–Crippen LogP) is 4.56. The number of aromatic nitrogens is 3. The molecule has 2 aromatic heterocycles. The summed E-state index contributed by atoms with van der Waals surface area (Å²) >= 11 is 0. The lowest BCUT2D eigenvalue weighted by Crippen LogP contribution is -2.51. The van der Waals surface area contributed by atoms with E-state index < -0.39 is 23.8 Å². The van der Waals surface area contributed by atoms with Crippen LogP contribution in [0.5, 0.6) is 11.5 Å². The fraction of sp³-hybridized carbons (Fsp3) is 0.321. The number of anilines is 3. The number of hydrogen-bond acceptors (Lipinski definition) is 8. The third-order valence-electron chi connectivity index (χ3n) is 6.93. The van der Waals surface area contributed by atoms with Crippen molar-refractivity contribution >= 4 is 34.4 Å². The van der Waals surface area contributed by atoms with Crippen molar-refractivity contribution in [1.82, 2.24) is 24.3 Å². The Kier molecular flexibility index (Phi) is 8.29. The smallest absolute Gasteiger partial charge is 0.416 e. The Bertz CT molecular complexity index is 1580. The standard InChI is InChI=1S/C28H29F4N7O3/c1-17(40)39-11-9-38(10-12-39)16-26(41)36-25-15-20(7-8-33-25)42-19-4-6-24-23(14-19)35-27(37(24)2)34-22-13-18(28(30,31)32)3-5-21(22)29/h3-8,13-15,17,40H,9-12,16H2,1-2H3,(H,34,35)(H,33,36,41). The van der Waals surface area contributed by atoms with Crippen molar-refractivity contribution in [2.75, 3.05) is 43.4 Å². The predicted molar refractivity (Wildman–Crippen MR) is 148 cm³/mol. The molecule has 1 amide bonds. The molecule has 14 heteroatoms. The van der Waals surface area contributed by atoms with Crippen LogP contribution in [-0.4, -0.2) is 74.3 Å². The summed E-state index contributed by atoms with van der Waals surface area (Å²) in [4.78, 5) is 25.1. The number of aryl methyl sites for hydroxylation is 1. The molecule has 42 heavy (non-hydrogen) atoms. The normalized spacial score (nSPS) is 15.5. The Morgan fingerprint density at radius 3 is 2.52 bits per heavy atom. The van der Waals surface area contributed by atoms with E-state index >= 15 is 0 Å². The molecule has 1 aliphatic heterocycles. The molecule has 3 heterocycles. The van der Waals surface area contributed by atoms with Crippen LogP contribution in [0.3, 0.4) is 0 Å². The number of hydrogen-bond donors (Lipinski definition) is 3. The van der Waals surface area contributed by atoms with Gasteiger partial charge in [-0.25, -0.2) is 14.4 Å². The summed E-state index contributed by atoms with van der Waals surface area (Å²) in [6.07, 6.45) is -3.63. The first-order valence-corrected chi connectivity index (χ1v) is 13.1. The molecule has 1 fully saturated rings. The fourth-order valence-electron chi connectivity index (χ4n) is 4.63. The van der Waals surface area contributed by atoms with E-state index in [2.05, 4.69) is 20.6 Å². The van der Waals surface area contributed by atoms with Gasteiger partial charge in [0.25, 0.3) is 0 Å². The van der Waals surface area contributed by atoms with Crippen molar-refractivity contribution in [2.24, 2.45) is 7.05 Å². The second-order valence-electron chi connectivity index (χ2n) is 9.93. The van der Waals surface area contributed by atoms with Crippen LogP contribution in [-0.2, 0) is 18.0 Å². The number of nitrogens with zero attached hydrogens (tertiary/aromatic N) is 5. The van der Waals surface area contributed by atoms with Gasteiger partial charge in [-0.1, -0.05) is 0 Å². The van der Waals surface area contributed by atoms with Gasteiger partial charge >= 0.3 is 6.18 Å². The highest BCUT2D eigenvalue weighted by molar-refractivity contribution is 5.91. The van der Waals surface area contributed by atoms with Gasteiger partial charge < -0.3 is 25.0 Å². The van der Waals surface area contributed by atoms with Gasteiger partial charge in [0, 0.05) is 51.6 Å². The van der Waals surface area contributed by atoms with Gasteiger partial charge in [0.2, 0.25) is 11.9 Å². The Labute approximate surface area is 238 Å². The number of rotatable bonds is 8. The van der Waals surface area contributed by atoms with Crippen molar-refractivity contribution in [3.63, 3.8) is 0 Å². The average molecular weight is 588 g/mol. The quantitative estimate of drug-likeness (QED) is 0.258. The third-order valence-corrected chi connectivity index (χ3v) is 6.93. The zero-order valence-electron chi connectivity index (χ0n) is 22.8. The molecule has 5 rings (SSSR count). The average Bonchev–Trinajstić information content (AvgIpc) is 3.23. The third kappa shape index (κ3) is 6.78. The van der Waals surface area contributed by atoms with Crippen LogP contribution in [0, 0.1) is 5.82 Å². The molecule has 1 atom stereocenters. The van der Waals surface area contributed by atoms with Crippen molar-refractivity contribution in [1.29, 1.82) is 0 Å². The SMILES string of the molecule is CC(O)N1CCN(CC(=O)Nc2cc(Oc3ccc4c(c3)nc(Nc3cc(C(F)(F)F)ccc3F)n4C)ccn2)CC1. The van der Waals surface area contributed by atoms with Gasteiger partial charge in [-0.05, 0) is 43.3 Å². The number of piperazine rings is 1. The number of ether oxygens (including phenoxy) is 1. The number of imidazole rings is 1. The summed E-state index contributed by atoms with van der Waals surface area (Å²) < 4.78 is 61.1. The maximum absolute atomic E-state index is 14.3. The van der Waals surface area contributed by atoms with Gasteiger partial charge in [-0.15, -0.1) is 0 Å². The topological polar surface area (TPSA) is 108 Å². The molecule has 0 bridgehead atoms. The maximum atomic E-state index is 14.3. The minimum absolute atomic E-state index is 0.140. The zero-order valence-corrected chi connectivity index (χ0v) is 22.8. The van der Waals surface area contributed by atoms with Gasteiger partial charge in [0.1, 0.15) is 29.4 Å². The highest BCUT2D eigenvalue weighted by Gasteiger charge is 2.31. The molecule has 2 aromatic carbocycles. The minimum atomic E-state index is -4.62. The number of fused-ring (bicyclic) bond motifs is 1. The summed E-state index contributed by atoms with van der Waals surface area (Å²) in [5.41, 5.74) is -0.241. The van der Waals surface area contributed by atoms with Crippen LogP contribution < -0.4 is 15.4 Å². The van der Waals surface area contributed by atoms with Crippen molar-refractivity contribution in [3.05, 3.63) is 66.1 Å². The van der Waals surface area contributed by atoms with E-state index in [0.717, 1.165) is 6.07 Å². The van der Waals surface area contributed by atoms with E-state index in [9.17, 15) is 27.5 Å². The van der Waals surface area contributed by atoms with E-state index in [1.54, 1.807) is 48.9 Å². The zero-order chi connectivity index (χ0) is 30.0. The van der Waals surface area contributed by atoms with Crippen LogP contribution in [0.2, 0.25) is 0 Å². The summed E-state index contributed by atoms with van der Waals surface area (Å²) in [5, 5.41) is 15.1. The van der Waals surface area contributed by atoms with Crippen LogP contribution in [0.25, 0.3) is 11.0 Å². The first kappa shape index (κ1) is 29.2. The highest BCUT2D eigenvalue weighted by Crippen LogP contribution is 2.34. The first-order chi connectivity index (χ1) is 20.0. The van der Waals surface area contributed by atoms with Gasteiger partial charge in [-0.2, -0.15) is 13.2 Å². The number of halogens is 4. The van der Waals surface area contributed by atoms with Gasteiger partial charge in [-0.3, -0.25) is 14.6 Å². The van der Waals surface area contributed by atoms with Gasteiger partial charge in [0.05, 0.1) is 28.8 Å². The fourth-order valence-corrected chi connectivity index (χ4v) is 4.63. The van der Waals surface area contributed by atoms with Crippen LogP contribution >= 0.6 is 0 Å². The lowest BCUT2D eigenvalue weighted by molar-refractivity contribution is -0.137. The van der Waals surface area contributed by atoms with Gasteiger partial charge in [0.15, 0.2) is 0 Å². The van der Waals surface area contributed by atoms with E-state index in [4.69, 9.17) is 4.74 Å². The summed E-state index contributed by atoms with van der Waals surface area (Å²) in [7, 11) is 1.65. The number of carbonyl (C=O) groups excluding carboxylic acids is 1. The Balaban J connectivity index is 1.24. The second-order valence-corrected chi connectivity index (χ2v) is 9.93.